The summed E-state index contributed by atoms with van der Waals surface area (Å²) in [5.74, 6) is -1.19. The Hall–Kier alpha value is -3.84. The molecule has 2 unspecified atom stereocenters. The molecular weight excluding hydrogens is 503 g/mol. The number of likely N-dealkylation sites (tertiary alicyclic amines) is 1. The Bertz CT molecular complexity index is 1450. The standard InChI is InChI=1S/C24H27FN6O5S/c1-30(2)20-7-5-15(13-28-20)37(34,35)29-18-9-11-31(23(18)32)19(24(33)36-3)12-14-4-6-17-16(21(14)25)8-10-27-22(17)26/h4-8,10,13,18-19,29H,9,11-12H2,1-3H3,(H2,26,27). The first-order valence-electron chi connectivity index (χ1n) is 11.4. The largest absolute Gasteiger partial charge is 0.467 e. The smallest absolute Gasteiger partial charge is 0.328 e. The van der Waals surface area contributed by atoms with Crippen LogP contribution < -0.4 is 15.4 Å². The van der Waals surface area contributed by atoms with Crippen LogP contribution in [0.25, 0.3) is 10.8 Å². The zero-order valence-electron chi connectivity index (χ0n) is 20.5. The molecule has 1 fully saturated rings. The van der Waals surface area contributed by atoms with Gasteiger partial charge in [0, 0.05) is 50.2 Å². The number of carbonyl (C=O) groups excluding carboxylic acids is 2. The average Bonchev–Trinajstić information content (AvgIpc) is 3.22. The summed E-state index contributed by atoms with van der Waals surface area (Å²) in [6, 6.07) is 5.25. The summed E-state index contributed by atoms with van der Waals surface area (Å²) in [6.45, 7) is 0.0790. The van der Waals surface area contributed by atoms with Gasteiger partial charge >= 0.3 is 5.97 Å². The number of carbonyl (C=O) groups is 2. The minimum atomic E-state index is -4.06. The first-order chi connectivity index (χ1) is 17.5. The van der Waals surface area contributed by atoms with Crippen LogP contribution in [-0.2, 0) is 30.8 Å². The number of ether oxygens (including phenoxy) is 1. The van der Waals surface area contributed by atoms with Crippen molar-refractivity contribution in [2.75, 3.05) is 38.4 Å². The predicted molar refractivity (Wildman–Crippen MR) is 135 cm³/mol. The van der Waals surface area contributed by atoms with E-state index in [1.54, 1.807) is 31.1 Å². The second-order valence-corrected chi connectivity index (χ2v) is 10.5. The number of anilines is 2. The van der Waals surface area contributed by atoms with Gasteiger partial charge in [0.2, 0.25) is 15.9 Å². The van der Waals surface area contributed by atoms with Crippen LogP contribution >= 0.6 is 0 Å². The molecule has 4 rings (SSSR count). The minimum Gasteiger partial charge on any atom is -0.467 e. The number of rotatable bonds is 8. The van der Waals surface area contributed by atoms with Gasteiger partial charge in [0.15, 0.2) is 0 Å². The van der Waals surface area contributed by atoms with Crippen LogP contribution in [0.5, 0.6) is 0 Å². The number of halogens is 1. The summed E-state index contributed by atoms with van der Waals surface area (Å²) in [6.07, 6.45) is 2.54. The van der Waals surface area contributed by atoms with E-state index in [4.69, 9.17) is 10.5 Å². The maximum Gasteiger partial charge on any atom is 0.328 e. The lowest BCUT2D eigenvalue weighted by atomic mass is 10.0. The topological polar surface area (TPSA) is 148 Å². The van der Waals surface area contributed by atoms with Gasteiger partial charge < -0.3 is 20.3 Å². The highest BCUT2D eigenvalue weighted by Crippen LogP contribution is 2.27. The minimum absolute atomic E-state index is 0.0790. The molecule has 1 amide bonds. The molecular formula is C24H27FN6O5S. The van der Waals surface area contributed by atoms with Gasteiger partial charge in [-0.3, -0.25) is 4.79 Å². The van der Waals surface area contributed by atoms with E-state index in [9.17, 15) is 18.0 Å². The lowest BCUT2D eigenvalue weighted by Gasteiger charge is -2.26. The molecule has 196 valence electrons. The number of nitrogens with two attached hydrogens (primary N) is 1. The molecule has 1 aliphatic rings. The molecule has 3 N–H and O–H groups in total. The van der Waals surface area contributed by atoms with Crippen molar-refractivity contribution in [1.29, 1.82) is 0 Å². The highest BCUT2D eigenvalue weighted by Gasteiger charge is 2.41. The Kier molecular flexibility index (Phi) is 7.28. The Morgan fingerprint density at radius 2 is 2.00 bits per heavy atom. The van der Waals surface area contributed by atoms with Crippen molar-refractivity contribution in [2.45, 2.75) is 29.8 Å². The molecule has 0 aliphatic carbocycles. The van der Waals surface area contributed by atoms with E-state index in [0.717, 1.165) is 0 Å². The van der Waals surface area contributed by atoms with Crippen molar-refractivity contribution in [3.8, 4) is 0 Å². The van der Waals surface area contributed by atoms with Crippen molar-refractivity contribution < 1.29 is 27.1 Å². The van der Waals surface area contributed by atoms with E-state index in [2.05, 4.69) is 14.7 Å². The number of nitrogens with one attached hydrogen (secondary N) is 1. The maximum absolute atomic E-state index is 15.3. The summed E-state index contributed by atoms with van der Waals surface area (Å²) in [5.41, 5.74) is 6.00. The fourth-order valence-corrected chi connectivity index (χ4v) is 5.45. The van der Waals surface area contributed by atoms with Gasteiger partial charge in [-0.1, -0.05) is 12.1 Å². The Labute approximate surface area is 213 Å². The fourth-order valence-electron chi connectivity index (χ4n) is 4.28. The van der Waals surface area contributed by atoms with Gasteiger partial charge in [0.05, 0.1) is 7.11 Å². The number of benzene rings is 1. The number of pyridine rings is 2. The fraction of sp³-hybridized carbons (Fsp3) is 0.333. The molecule has 1 aromatic carbocycles. The normalized spacial score (nSPS) is 16.7. The summed E-state index contributed by atoms with van der Waals surface area (Å²) in [4.78, 5) is 36.8. The zero-order chi connectivity index (χ0) is 26.9. The molecule has 11 nitrogen and oxygen atoms in total. The van der Waals surface area contributed by atoms with Crippen LogP contribution in [0.1, 0.15) is 12.0 Å². The van der Waals surface area contributed by atoms with E-state index in [1.165, 1.54) is 42.6 Å². The number of methoxy groups -OCH3 is 1. The van der Waals surface area contributed by atoms with Gasteiger partial charge in [-0.2, -0.15) is 4.72 Å². The van der Waals surface area contributed by atoms with Gasteiger partial charge in [-0.15, -0.1) is 0 Å². The van der Waals surface area contributed by atoms with Crippen molar-refractivity contribution in [1.82, 2.24) is 19.6 Å². The summed E-state index contributed by atoms with van der Waals surface area (Å²) >= 11 is 0. The molecule has 0 bridgehead atoms. The highest BCUT2D eigenvalue weighted by atomic mass is 32.2. The highest BCUT2D eigenvalue weighted by molar-refractivity contribution is 7.89. The molecule has 2 aromatic heterocycles. The lowest BCUT2D eigenvalue weighted by Crippen LogP contribution is -2.48. The van der Waals surface area contributed by atoms with Crippen LogP contribution in [0.4, 0.5) is 16.0 Å². The van der Waals surface area contributed by atoms with E-state index in [1.807, 2.05) is 0 Å². The van der Waals surface area contributed by atoms with Crippen LogP contribution in [0.2, 0.25) is 0 Å². The van der Waals surface area contributed by atoms with Crippen molar-refractivity contribution in [3.63, 3.8) is 0 Å². The zero-order valence-corrected chi connectivity index (χ0v) is 21.3. The van der Waals surface area contributed by atoms with Gasteiger partial charge in [0.25, 0.3) is 0 Å². The van der Waals surface area contributed by atoms with Gasteiger partial charge in [-0.25, -0.2) is 27.6 Å². The summed E-state index contributed by atoms with van der Waals surface area (Å²) in [7, 11) is 0.655. The van der Waals surface area contributed by atoms with Crippen molar-refractivity contribution in [3.05, 3.63) is 54.1 Å². The molecule has 2 atom stereocenters. The number of esters is 1. The SMILES string of the molecule is COC(=O)C(Cc1ccc2c(N)nccc2c1F)N1CCC(NS(=O)(=O)c2ccc(N(C)C)nc2)C1=O. The number of nitrogens with zero attached hydrogens (tertiary/aromatic N) is 4. The van der Waals surface area contributed by atoms with Crippen LogP contribution in [0, 0.1) is 5.82 Å². The van der Waals surface area contributed by atoms with E-state index >= 15 is 4.39 Å². The molecule has 13 heteroatoms. The second kappa shape index (κ2) is 10.3. The third kappa shape index (κ3) is 5.18. The van der Waals surface area contributed by atoms with Crippen LogP contribution in [0.15, 0.2) is 47.6 Å². The molecule has 1 saturated heterocycles. The number of amides is 1. The molecule has 0 spiro atoms. The Balaban J connectivity index is 1.55. The van der Waals surface area contributed by atoms with Crippen LogP contribution in [-0.4, -0.2) is 75.0 Å². The molecule has 1 aliphatic heterocycles. The molecule has 3 heterocycles. The summed E-state index contributed by atoms with van der Waals surface area (Å²) in [5, 5.41) is 0.666. The Morgan fingerprint density at radius 3 is 2.65 bits per heavy atom. The number of aromatic nitrogens is 2. The first kappa shape index (κ1) is 26.2. The van der Waals surface area contributed by atoms with Crippen molar-refractivity contribution >= 4 is 44.3 Å². The van der Waals surface area contributed by atoms with E-state index < -0.39 is 39.8 Å². The quantitative estimate of drug-likeness (QED) is 0.408. The van der Waals surface area contributed by atoms with Crippen molar-refractivity contribution in [2.24, 2.45) is 0 Å². The summed E-state index contributed by atoms with van der Waals surface area (Å²) < 4.78 is 48.3. The van der Waals surface area contributed by atoms with Gasteiger partial charge in [0.1, 0.15) is 34.4 Å². The van der Waals surface area contributed by atoms with Gasteiger partial charge in [-0.05, 0) is 30.2 Å². The average molecular weight is 531 g/mol. The number of nitrogen functional groups attached to an aromatic ring is 1. The first-order valence-corrected chi connectivity index (χ1v) is 12.9. The molecule has 37 heavy (non-hydrogen) atoms. The number of hydrogen-bond acceptors (Lipinski definition) is 9. The lowest BCUT2D eigenvalue weighted by molar-refractivity contribution is -0.151. The molecule has 0 radical (unpaired) electrons. The van der Waals surface area contributed by atoms with E-state index in [0.29, 0.717) is 11.2 Å². The van der Waals surface area contributed by atoms with Crippen LogP contribution in [0.3, 0.4) is 0 Å². The maximum atomic E-state index is 15.3. The number of fused-ring (bicyclic) bond motifs is 1. The number of hydrogen-bond donors (Lipinski definition) is 2. The monoisotopic (exact) mass is 530 g/mol. The Morgan fingerprint density at radius 1 is 1.24 bits per heavy atom. The predicted octanol–water partition coefficient (Wildman–Crippen LogP) is 1.08. The second-order valence-electron chi connectivity index (χ2n) is 8.81. The van der Waals surface area contributed by atoms with E-state index in [-0.39, 0.29) is 41.0 Å². The third-order valence-electron chi connectivity index (χ3n) is 6.28. The number of sulfonamides is 1. The molecule has 3 aromatic rings. The molecule has 0 saturated carbocycles. The third-order valence-corrected chi connectivity index (χ3v) is 7.74.